The van der Waals surface area contributed by atoms with Crippen LogP contribution in [0.15, 0.2) is 30.3 Å². The van der Waals surface area contributed by atoms with Crippen LogP contribution >= 0.6 is 0 Å². The molecule has 2 aliphatic heterocycles. The predicted octanol–water partition coefficient (Wildman–Crippen LogP) is 4.26. The Bertz CT molecular complexity index is 845. The molecule has 1 aromatic carbocycles. The van der Waals surface area contributed by atoms with Gasteiger partial charge in [0.05, 0.1) is 0 Å². The summed E-state index contributed by atoms with van der Waals surface area (Å²) in [6.07, 6.45) is 6.21. The molecule has 1 unspecified atom stereocenters. The molecule has 1 aromatic heterocycles. The number of benzene rings is 1. The lowest BCUT2D eigenvalue weighted by molar-refractivity contribution is 0.102. The molecule has 0 spiro atoms. The number of nitrogens with zero attached hydrogens (tertiary/aromatic N) is 4. The smallest absolute Gasteiger partial charge is 0.274 e. The number of anilines is 3. The van der Waals surface area contributed by atoms with Gasteiger partial charge in [-0.15, -0.1) is 0 Å². The second-order valence-corrected chi connectivity index (χ2v) is 8.44. The predicted molar refractivity (Wildman–Crippen MR) is 118 cm³/mol. The van der Waals surface area contributed by atoms with Crippen molar-refractivity contribution in [3.63, 3.8) is 0 Å². The molecule has 1 amide bonds. The highest BCUT2D eigenvalue weighted by molar-refractivity contribution is 6.03. The zero-order valence-electron chi connectivity index (χ0n) is 17.5. The molecule has 2 saturated heterocycles. The number of nitrogens with one attached hydrogen (secondary N) is 1. The Balaban J connectivity index is 1.45. The van der Waals surface area contributed by atoms with Crippen LogP contribution in [0, 0.1) is 12.8 Å². The molecule has 6 nitrogen and oxygen atoms in total. The first-order valence-electron chi connectivity index (χ1n) is 10.9. The number of aryl methyl sites for hydroxylation is 1. The summed E-state index contributed by atoms with van der Waals surface area (Å²) in [6.45, 7) is 8.30. The highest BCUT2D eigenvalue weighted by Gasteiger charge is 2.21. The first-order valence-corrected chi connectivity index (χ1v) is 10.9. The van der Waals surface area contributed by atoms with E-state index >= 15 is 0 Å². The highest BCUT2D eigenvalue weighted by atomic mass is 16.1. The minimum absolute atomic E-state index is 0.187. The van der Waals surface area contributed by atoms with Crippen molar-refractivity contribution in [1.29, 1.82) is 0 Å². The van der Waals surface area contributed by atoms with Gasteiger partial charge < -0.3 is 15.1 Å². The Morgan fingerprint density at radius 2 is 1.72 bits per heavy atom. The summed E-state index contributed by atoms with van der Waals surface area (Å²) in [5, 5.41) is 2.99. The van der Waals surface area contributed by atoms with E-state index in [0.29, 0.717) is 17.6 Å². The molecule has 6 heteroatoms. The minimum Gasteiger partial charge on any atom is -0.372 e. The summed E-state index contributed by atoms with van der Waals surface area (Å²) in [5.41, 5.74) is 3.26. The van der Waals surface area contributed by atoms with Gasteiger partial charge in [-0.05, 0) is 75.3 Å². The van der Waals surface area contributed by atoms with Gasteiger partial charge in [0.1, 0.15) is 5.69 Å². The van der Waals surface area contributed by atoms with Crippen molar-refractivity contribution in [2.75, 3.05) is 41.3 Å². The fourth-order valence-electron chi connectivity index (χ4n) is 4.28. The largest absolute Gasteiger partial charge is 0.372 e. The normalized spacial score (nSPS) is 19.9. The van der Waals surface area contributed by atoms with Crippen LogP contribution in [-0.4, -0.2) is 42.1 Å². The second-order valence-electron chi connectivity index (χ2n) is 8.44. The van der Waals surface area contributed by atoms with Gasteiger partial charge in [-0.2, -0.15) is 0 Å². The second kappa shape index (κ2) is 8.80. The lowest BCUT2D eigenvalue weighted by Crippen LogP contribution is -2.36. The summed E-state index contributed by atoms with van der Waals surface area (Å²) < 4.78 is 0. The van der Waals surface area contributed by atoms with E-state index in [1.165, 1.54) is 31.4 Å². The lowest BCUT2D eigenvalue weighted by Gasteiger charge is -2.31. The number of carbonyl (C=O) groups is 1. The van der Waals surface area contributed by atoms with Crippen molar-refractivity contribution in [2.45, 2.75) is 46.0 Å². The maximum atomic E-state index is 12.8. The van der Waals surface area contributed by atoms with Crippen molar-refractivity contribution < 1.29 is 4.79 Å². The fraction of sp³-hybridized carbons (Fsp3) is 0.522. The number of amides is 1. The molecule has 29 heavy (non-hydrogen) atoms. The van der Waals surface area contributed by atoms with Crippen LogP contribution in [-0.2, 0) is 0 Å². The SMILES string of the molecule is Cc1cc(C(=O)Nc2ccc(N3CCCCC3)cc2)nc(N2CCCC(C)C2)n1. The van der Waals surface area contributed by atoms with Crippen LogP contribution in [0.5, 0.6) is 0 Å². The van der Waals surface area contributed by atoms with Crippen molar-refractivity contribution >= 4 is 23.2 Å². The van der Waals surface area contributed by atoms with E-state index < -0.39 is 0 Å². The molecule has 154 valence electrons. The topological polar surface area (TPSA) is 61.4 Å². The summed E-state index contributed by atoms with van der Waals surface area (Å²) in [6, 6.07) is 9.89. The van der Waals surface area contributed by atoms with Gasteiger partial charge in [-0.3, -0.25) is 4.79 Å². The van der Waals surface area contributed by atoms with Crippen molar-refractivity contribution in [3.8, 4) is 0 Å². The number of piperidine rings is 2. The molecule has 2 fully saturated rings. The monoisotopic (exact) mass is 393 g/mol. The molecule has 2 aliphatic rings. The van der Waals surface area contributed by atoms with Gasteiger partial charge in [0.15, 0.2) is 0 Å². The van der Waals surface area contributed by atoms with Crippen LogP contribution in [0.2, 0.25) is 0 Å². The van der Waals surface area contributed by atoms with Crippen LogP contribution in [0.25, 0.3) is 0 Å². The molecule has 3 heterocycles. The van der Waals surface area contributed by atoms with E-state index in [1.807, 2.05) is 19.1 Å². The summed E-state index contributed by atoms with van der Waals surface area (Å²) >= 11 is 0. The van der Waals surface area contributed by atoms with Gasteiger partial charge in [-0.1, -0.05) is 6.92 Å². The summed E-state index contributed by atoms with van der Waals surface area (Å²) in [5.74, 6) is 1.11. The number of aromatic nitrogens is 2. The third-order valence-corrected chi connectivity index (χ3v) is 5.86. The maximum Gasteiger partial charge on any atom is 0.274 e. The zero-order chi connectivity index (χ0) is 20.2. The standard InChI is InChI=1S/C23H31N5O/c1-17-7-6-14-28(16-17)23-24-18(2)15-21(26-23)22(29)25-19-8-10-20(11-9-19)27-12-4-3-5-13-27/h8-11,15,17H,3-7,12-14,16H2,1-2H3,(H,25,29). The van der Waals surface area contributed by atoms with E-state index in [0.717, 1.165) is 44.0 Å². The molecule has 2 aromatic rings. The highest BCUT2D eigenvalue weighted by Crippen LogP contribution is 2.23. The van der Waals surface area contributed by atoms with Crippen LogP contribution in [0.4, 0.5) is 17.3 Å². The first-order chi connectivity index (χ1) is 14.1. The molecule has 0 aliphatic carbocycles. The van der Waals surface area contributed by atoms with E-state index in [-0.39, 0.29) is 5.91 Å². The molecule has 1 N–H and O–H groups in total. The minimum atomic E-state index is -0.187. The Hall–Kier alpha value is -2.63. The van der Waals surface area contributed by atoms with Crippen LogP contribution in [0.3, 0.4) is 0 Å². The quantitative estimate of drug-likeness (QED) is 0.841. The number of rotatable bonds is 4. The average molecular weight is 394 g/mol. The Labute approximate surface area is 173 Å². The summed E-state index contributed by atoms with van der Waals surface area (Å²) in [7, 11) is 0. The molecule has 1 atom stereocenters. The summed E-state index contributed by atoms with van der Waals surface area (Å²) in [4.78, 5) is 26.6. The molecular formula is C23H31N5O. The Morgan fingerprint density at radius 3 is 2.45 bits per heavy atom. The van der Waals surface area contributed by atoms with E-state index in [1.54, 1.807) is 6.07 Å². The number of hydrogen-bond donors (Lipinski definition) is 1. The lowest BCUT2D eigenvalue weighted by atomic mass is 10.0. The molecule has 4 rings (SSSR count). The average Bonchev–Trinajstić information content (AvgIpc) is 2.74. The van der Waals surface area contributed by atoms with Gasteiger partial charge in [-0.25, -0.2) is 9.97 Å². The van der Waals surface area contributed by atoms with Gasteiger partial charge in [0, 0.05) is 43.2 Å². The number of carbonyl (C=O) groups excluding carboxylic acids is 1. The van der Waals surface area contributed by atoms with Crippen molar-refractivity contribution in [2.24, 2.45) is 5.92 Å². The van der Waals surface area contributed by atoms with E-state index in [2.05, 4.69) is 44.1 Å². The third kappa shape index (κ3) is 4.86. The Kier molecular flexibility index (Phi) is 5.97. The fourth-order valence-corrected chi connectivity index (χ4v) is 4.28. The van der Waals surface area contributed by atoms with Gasteiger partial charge >= 0.3 is 0 Å². The third-order valence-electron chi connectivity index (χ3n) is 5.86. The van der Waals surface area contributed by atoms with Crippen molar-refractivity contribution in [3.05, 3.63) is 41.7 Å². The molecule has 0 bridgehead atoms. The van der Waals surface area contributed by atoms with E-state index in [9.17, 15) is 4.79 Å². The molecule has 0 saturated carbocycles. The van der Waals surface area contributed by atoms with E-state index in [4.69, 9.17) is 0 Å². The van der Waals surface area contributed by atoms with Gasteiger partial charge in [0.2, 0.25) is 5.95 Å². The van der Waals surface area contributed by atoms with Crippen molar-refractivity contribution in [1.82, 2.24) is 9.97 Å². The Morgan fingerprint density at radius 1 is 1.00 bits per heavy atom. The maximum absolute atomic E-state index is 12.8. The molecule has 0 radical (unpaired) electrons. The van der Waals surface area contributed by atoms with Crippen LogP contribution < -0.4 is 15.1 Å². The number of hydrogen-bond acceptors (Lipinski definition) is 5. The first kappa shape index (κ1) is 19.7. The zero-order valence-corrected chi connectivity index (χ0v) is 17.5. The van der Waals surface area contributed by atoms with Crippen LogP contribution in [0.1, 0.15) is 55.2 Å². The molecular weight excluding hydrogens is 362 g/mol. The van der Waals surface area contributed by atoms with Gasteiger partial charge in [0.25, 0.3) is 5.91 Å².